The Hall–Kier alpha value is -3.06. The number of halogens is 2. The molecule has 174 valence electrons. The Labute approximate surface area is 199 Å². The molecule has 0 bridgehead atoms. The second-order valence-corrected chi connectivity index (χ2v) is 8.83. The molecule has 6 nitrogen and oxygen atoms in total. The molecular formula is C25H30ClFN6. The number of rotatable bonds is 5. The number of aryl methyl sites for hydroxylation is 1. The predicted molar refractivity (Wildman–Crippen MR) is 134 cm³/mol. The van der Waals surface area contributed by atoms with Crippen molar-refractivity contribution in [2.45, 2.75) is 19.8 Å². The quantitative estimate of drug-likeness (QED) is 0.524. The van der Waals surface area contributed by atoms with Crippen LogP contribution in [-0.2, 0) is 0 Å². The lowest BCUT2D eigenvalue weighted by molar-refractivity contribution is 0.380. The molecule has 2 N–H and O–H groups in total. The van der Waals surface area contributed by atoms with Gasteiger partial charge in [-0.3, -0.25) is 0 Å². The Bertz CT molecular complexity index is 1070. The van der Waals surface area contributed by atoms with Gasteiger partial charge in [0.05, 0.1) is 5.02 Å². The van der Waals surface area contributed by atoms with Gasteiger partial charge < -0.3 is 20.4 Å². The van der Waals surface area contributed by atoms with Crippen LogP contribution in [0.4, 0.5) is 10.2 Å². The van der Waals surface area contributed by atoms with Crippen molar-refractivity contribution < 1.29 is 4.39 Å². The fraction of sp³-hybridized carbons (Fsp3) is 0.360. The number of nitrogens with two attached hydrogens (primary N) is 1. The first-order valence-corrected chi connectivity index (χ1v) is 11.7. The van der Waals surface area contributed by atoms with Crippen molar-refractivity contribution in [1.29, 1.82) is 0 Å². The number of hydrogen-bond acceptors (Lipinski definition) is 5. The molecule has 0 saturated carbocycles. The van der Waals surface area contributed by atoms with Gasteiger partial charge in [-0.05, 0) is 61.2 Å². The molecule has 1 aromatic heterocycles. The summed E-state index contributed by atoms with van der Waals surface area (Å²) in [5, 5.41) is 0.651. The number of amidine groups is 1. The van der Waals surface area contributed by atoms with E-state index in [1.807, 2.05) is 18.2 Å². The summed E-state index contributed by atoms with van der Waals surface area (Å²) < 4.78 is 13.7. The summed E-state index contributed by atoms with van der Waals surface area (Å²) in [5.41, 5.74) is 8.31. The van der Waals surface area contributed by atoms with Gasteiger partial charge in [-0.2, -0.15) is 0 Å². The molecule has 0 aliphatic carbocycles. The molecule has 2 aliphatic heterocycles. The highest BCUT2D eigenvalue weighted by molar-refractivity contribution is 6.32. The summed E-state index contributed by atoms with van der Waals surface area (Å²) in [6, 6.07) is 8.59. The Morgan fingerprint density at radius 3 is 2.52 bits per heavy atom. The van der Waals surface area contributed by atoms with Gasteiger partial charge in [0.1, 0.15) is 23.3 Å². The van der Waals surface area contributed by atoms with E-state index in [-0.39, 0.29) is 5.82 Å². The van der Waals surface area contributed by atoms with Gasteiger partial charge in [0, 0.05) is 57.2 Å². The minimum Gasteiger partial charge on any atom is -0.398 e. The van der Waals surface area contributed by atoms with Crippen LogP contribution in [0.15, 0.2) is 60.0 Å². The standard InChI is InChI=1S/C25H30ClFN6/c1-18-16-20(7-8-22(18)27)23(28)17-24(30-19(2)31-10-3-4-11-31)32-12-14-33(15-13-32)25-21(26)6-5-9-29-25/h5-9,16-17H,2-4,10-15,28H2,1H3/b23-17-,30-24+. The number of nitrogens with zero attached hydrogens (tertiary/aromatic N) is 5. The maximum absolute atomic E-state index is 13.7. The summed E-state index contributed by atoms with van der Waals surface area (Å²) in [6.45, 7) is 10.9. The zero-order chi connectivity index (χ0) is 23.4. The van der Waals surface area contributed by atoms with E-state index in [0.717, 1.165) is 75.1 Å². The summed E-state index contributed by atoms with van der Waals surface area (Å²) >= 11 is 6.35. The molecule has 2 aliphatic rings. The Morgan fingerprint density at radius 1 is 1.12 bits per heavy atom. The molecule has 0 unspecified atom stereocenters. The van der Waals surface area contributed by atoms with Gasteiger partial charge in [0.15, 0.2) is 0 Å². The van der Waals surface area contributed by atoms with E-state index >= 15 is 0 Å². The lowest BCUT2D eigenvalue weighted by atomic mass is 10.1. The predicted octanol–water partition coefficient (Wildman–Crippen LogP) is 4.27. The van der Waals surface area contributed by atoms with Crippen molar-refractivity contribution in [3.63, 3.8) is 0 Å². The monoisotopic (exact) mass is 468 g/mol. The lowest BCUT2D eigenvalue weighted by Gasteiger charge is -2.37. The molecule has 0 amide bonds. The van der Waals surface area contributed by atoms with E-state index in [9.17, 15) is 4.39 Å². The van der Waals surface area contributed by atoms with Crippen molar-refractivity contribution in [3.8, 4) is 0 Å². The maximum atomic E-state index is 13.7. The topological polar surface area (TPSA) is 61.0 Å². The van der Waals surface area contributed by atoms with Gasteiger partial charge in [-0.1, -0.05) is 18.2 Å². The molecule has 8 heteroatoms. The van der Waals surface area contributed by atoms with Crippen LogP contribution < -0.4 is 10.6 Å². The van der Waals surface area contributed by atoms with E-state index in [1.165, 1.54) is 6.07 Å². The first-order valence-electron chi connectivity index (χ1n) is 11.3. The zero-order valence-electron chi connectivity index (χ0n) is 19.0. The second kappa shape index (κ2) is 10.3. The third kappa shape index (κ3) is 5.47. The molecular weight excluding hydrogens is 439 g/mol. The van der Waals surface area contributed by atoms with Crippen LogP contribution in [0.5, 0.6) is 0 Å². The molecule has 33 heavy (non-hydrogen) atoms. The number of piperazine rings is 1. The Balaban J connectivity index is 1.57. The minimum atomic E-state index is -0.243. The van der Waals surface area contributed by atoms with Crippen LogP contribution in [-0.4, -0.2) is 59.9 Å². The normalized spacial score (nSPS) is 17.6. The van der Waals surface area contributed by atoms with Crippen LogP contribution in [0.3, 0.4) is 0 Å². The fourth-order valence-corrected chi connectivity index (χ4v) is 4.42. The number of benzene rings is 1. The van der Waals surface area contributed by atoms with Gasteiger partial charge in [0.25, 0.3) is 0 Å². The molecule has 1 aromatic carbocycles. The third-order valence-corrected chi connectivity index (χ3v) is 6.43. The molecule has 4 rings (SSSR count). The number of aromatic nitrogens is 1. The summed E-state index contributed by atoms with van der Waals surface area (Å²) in [5.74, 6) is 2.07. The van der Waals surface area contributed by atoms with Crippen molar-refractivity contribution in [1.82, 2.24) is 14.8 Å². The van der Waals surface area contributed by atoms with Crippen LogP contribution in [0.1, 0.15) is 24.0 Å². The van der Waals surface area contributed by atoms with Gasteiger partial charge in [0.2, 0.25) is 0 Å². The first kappa shape index (κ1) is 23.1. The average Bonchev–Trinajstić information content (AvgIpc) is 3.36. The third-order valence-electron chi connectivity index (χ3n) is 6.13. The van der Waals surface area contributed by atoms with E-state index in [1.54, 1.807) is 25.3 Å². The summed E-state index contributed by atoms with van der Waals surface area (Å²) in [6.07, 6.45) is 5.94. The Morgan fingerprint density at radius 2 is 1.85 bits per heavy atom. The van der Waals surface area contributed by atoms with E-state index in [2.05, 4.69) is 26.3 Å². The van der Waals surface area contributed by atoms with Crippen LogP contribution >= 0.6 is 11.6 Å². The highest BCUT2D eigenvalue weighted by atomic mass is 35.5. The molecule has 0 spiro atoms. The van der Waals surface area contributed by atoms with Gasteiger partial charge >= 0.3 is 0 Å². The van der Waals surface area contributed by atoms with E-state index in [4.69, 9.17) is 22.3 Å². The highest BCUT2D eigenvalue weighted by Gasteiger charge is 2.23. The fourth-order valence-electron chi connectivity index (χ4n) is 4.18. The number of pyridine rings is 1. The summed E-state index contributed by atoms with van der Waals surface area (Å²) in [4.78, 5) is 15.9. The van der Waals surface area contributed by atoms with E-state index in [0.29, 0.717) is 16.3 Å². The minimum absolute atomic E-state index is 0.243. The van der Waals surface area contributed by atoms with Gasteiger partial charge in [-0.25, -0.2) is 14.4 Å². The van der Waals surface area contributed by atoms with E-state index < -0.39 is 0 Å². The smallest absolute Gasteiger partial charge is 0.147 e. The number of likely N-dealkylation sites (tertiary alicyclic amines) is 1. The number of hydrogen-bond donors (Lipinski definition) is 1. The average molecular weight is 469 g/mol. The SMILES string of the molecule is C=C(/N=C(\C=C(/N)c1ccc(F)c(C)c1)N1CCN(c2ncccc2Cl)CC1)N1CCCC1. The molecule has 0 radical (unpaired) electrons. The van der Waals surface area contributed by atoms with Crippen molar-refractivity contribution in [2.24, 2.45) is 10.7 Å². The largest absolute Gasteiger partial charge is 0.398 e. The van der Waals surface area contributed by atoms with Crippen LogP contribution in [0.2, 0.25) is 5.02 Å². The summed E-state index contributed by atoms with van der Waals surface area (Å²) in [7, 11) is 0. The molecule has 2 saturated heterocycles. The zero-order valence-corrected chi connectivity index (χ0v) is 19.7. The molecule has 0 atom stereocenters. The molecule has 2 aromatic rings. The number of anilines is 1. The first-order chi connectivity index (χ1) is 15.9. The highest BCUT2D eigenvalue weighted by Crippen LogP contribution is 2.24. The second-order valence-electron chi connectivity index (χ2n) is 8.43. The van der Waals surface area contributed by atoms with Crippen molar-refractivity contribution in [2.75, 3.05) is 44.2 Å². The Kier molecular flexibility index (Phi) is 7.18. The number of aliphatic imine (C=N–C) groups is 1. The van der Waals surface area contributed by atoms with Crippen molar-refractivity contribution >= 4 is 29.0 Å². The molecule has 3 heterocycles. The van der Waals surface area contributed by atoms with Crippen LogP contribution in [0, 0.1) is 12.7 Å². The lowest BCUT2D eigenvalue weighted by Crippen LogP contribution is -2.49. The van der Waals surface area contributed by atoms with Gasteiger partial charge in [-0.15, -0.1) is 0 Å². The van der Waals surface area contributed by atoms with Crippen LogP contribution in [0.25, 0.3) is 5.70 Å². The van der Waals surface area contributed by atoms with Crippen molar-refractivity contribution in [3.05, 3.63) is 77.0 Å². The molecule has 2 fully saturated rings. The maximum Gasteiger partial charge on any atom is 0.147 e.